The first-order chi connectivity index (χ1) is 10.4. The van der Waals surface area contributed by atoms with Gasteiger partial charge in [-0.1, -0.05) is 30.3 Å². The van der Waals surface area contributed by atoms with Gasteiger partial charge in [0.05, 0.1) is 0 Å². The van der Waals surface area contributed by atoms with E-state index < -0.39 is 0 Å². The highest BCUT2D eigenvalue weighted by Crippen LogP contribution is 2.33. The van der Waals surface area contributed by atoms with Gasteiger partial charge in [-0.15, -0.1) is 0 Å². The van der Waals surface area contributed by atoms with Gasteiger partial charge in [-0.3, -0.25) is 4.90 Å². The minimum atomic E-state index is 0.762. The number of likely N-dealkylation sites (tertiary alicyclic amines) is 1. The molecule has 1 aromatic carbocycles. The zero-order valence-electron chi connectivity index (χ0n) is 12.1. The first-order valence-electron chi connectivity index (χ1n) is 7.67. The Morgan fingerprint density at radius 3 is 2.19 bits per heavy atom. The lowest BCUT2D eigenvalue weighted by Crippen LogP contribution is -2.29. The standard InChI is InChI=1S/C17H20N4/c1-2-5-14(6-3-1)9-20-10-15-12-21(13-16(15)11-20)17-18-7-4-8-19-17/h1-8,15-16H,9-13H2/t15-,16-/m0/s1. The molecular formula is C17H20N4. The molecule has 0 unspecified atom stereocenters. The number of anilines is 1. The minimum Gasteiger partial charge on any atom is -0.340 e. The van der Waals surface area contributed by atoms with Gasteiger partial charge in [0.1, 0.15) is 0 Å². The molecule has 4 heteroatoms. The summed E-state index contributed by atoms with van der Waals surface area (Å²) in [6.07, 6.45) is 3.66. The lowest BCUT2D eigenvalue weighted by Gasteiger charge is -2.21. The number of benzene rings is 1. The second-order valence-corrected chi connectivity index (χ2v) is 6.15. The molecular weight excluding hydrogens is 260 g/mol. The van der Waals surface area contributed by atoms with Gasteiger partial charge < -0.3 is 4.90 Å². The second kappa shape index (κ2) is 5.45. The van der Waals surface area contributed by atoms with Gasteiger partial charge in [-0.05, 0) is 23.5 Å². The molecule has 4 nitrogen and oxygen atoms in total. The Balaban J connectivity index is 1.37. The zero-order chi connectivity index (χ0) is 14.1. The van der Waals surface area contributed by atoms with Crippen molar-refractivity contribution in [3.05, 3.63) is 54.4 Å². The van der Waals surface area contributed by atoms with E-state index in [-0.39, 0.29) is 0 Å². The van der Waals surface area contributed by atoms with Crippen molar-refractivity contribution >= 4 is 5.95 Å². The first-order valence-corrected chi connectivity index (χ1v) is 7.67. The van der Waals surface area contributed by atoms with Crippen molar-refractivity contribution in [2.24, 2.45) is 11.8 Å². The van der Waals surface area contributed by atoms with E-state index in [0.29, 0.717) is 0 Å². The molecule has 2 aliphatic rings. The third-order valence-corrected chi connectivity index (χ3v) is 4.65. The van der Waals surface area contributed by atoms with E-state index in [1.54, 1.807) is 0 Å². The fourth-order valence-electron chi connectivity index (χ4n) is 3.68. The predicted octanol–water partition coefficient (Wildman–Crippen LogP) is 2.04. The third kappa shape index (κ3) is 2.63. The lowest BCUT2D eigenvalue weighted by molar-refractivity contribution is 0.308. The average Bonchev–Trinajstić information content (AvgIpc) is 3.07. The van der Waals surface area contributed by atoms with Gasteiger partial charge in [-0.2, -0.15) is 0 Å². The Hall–Kier alpha value is -1.94. The number of hydrogen-bond acceptors (Lipinski definition) is 4. The summed E-state index contributed by atoms with van der Waals surface area (Å²) >= 11 is 0. The Kier molecular flexibility index (Phi) is 3.31. The lowest BCUT2D eigenvalue weighted by atomic mass is 10.0. The van der Waals surface area contributed by atoms with Crippen molar-refractivity contribution in [1.29, 1.82) is 0 Å². The molecule has 2 fully saturated rings. The Bertz CT molecular complexity index is 572. The van der Waals surface area contributed by atoms with E-state index in [1.807, 2.05) is 18.5 Å². The third-order valence-electron chi connectivity index (χ3n) is 4.65. The van der Waals surface area contributed by atoms with E-state index in [0.717, 1.165) is 37.4 Å². The Labute approximate surface area is 125 Å². The summed E-state index contributed by atoms with van der Waals surface area (Å²) in [7, 11) is 0. The van der Waals surface area contributed by atoms with Crippen LogP contribution in [0.4, 0.5) is 5.95 Å². The molecule has 0 spiro atoms. The molecule has 0 amide bonds. The summed E-state index contributed by atoms with van der Waals surface area (Å²) in [5, 5.41) is 0. The molecule has 2 saturated heterocycles. The van der Waals surface area contributed by atoms with Crippen LogP contribution in [0.1, 0.15) is 5.56 Å². The molecule has 2 atom stereocenters. The summed E-state index contributed by atoms with van der Waals surface area (Å²) < 4.78 is 0. The van der Waals surface area contributed by atoms with Crippen molar-refractivity contribution in [2.45, 2.75) is 6.54 Å². The highest BCUT2D eigenvalue weighted by molar-refractivity contribution is 5.32. The van der Waals surface area contributed by atoms with Gasteiger partial charge in [0, 0.05) is 45.1 Å². The van der Waals surface area contributed by atoms with Crippen LogP contribution >= 0.6 is 0 Å². The summed E-state index contributed by atoms with van der Waals surface area (Å²) in [4.78, 5) is 13.7. The van der Waals surface area contributed by atoms with Gasteiger partial charge in [0.15, 0.2) is 0 Å². The molecule has 0 bridgehead atoms. The van der Waals surface area contributed by atoms with Crippen LogP contribution in [0, 0.1) is 11.8 Å². The van der Waals surface area contributed by atoms with Crippen molar-refractivity contribution in [3.63, 3.8) is 0 Å². The van der Waals surface area contributed by atoms with E-state index in [1.165, 1.54) is 18.7 Å². The molecule has 1 aromatic heterocycles. The summed E-state index contributed by atoms with van der Waals surface area (Å²) in [6.45, 7) is 5.67. The van der Waals surface area contributed by atoms with Crippen molar-refractivity contribution < 1.29 is 0 Å². The summed E-state index contributed by atoms with van der Waals surface area (Å²) in [5.41, 5.74) is 1.42. The Morgan fingerprint density at radius 2 is 1.52 bits per heavy atom. The first kappa shape index (κ1) is 12.8. The number of rotatable bonds is 3. The molecule has 0 N–H and O–H groups in total. The van der Waals surface area contributed by atoms with Crippen molar-refractivity contribution in [1.82, 2.24) is 14.9 Å². The molecule has 21 heavy (non-hydrogen) atoms. The van der Waals surface area contributed by atoms with Crippen LogP contribution in [0.25, 0.3) is 0 Å². The van der Waals surface area contributed by atoms with Gasteiger partial charge in [0.2, 0.25) is 5.95 Å². The average molecular weight is 280 g/mol. The molecule has 0 radical (unpaired) electrons. The van der Waals surface area contributed by atoms with E-state index in [2.05, 4.69) is 50.1 Å². The minimum absolute atomic E-state index is 0.762. The van der Waals surface area contributed by atoms with Crippen LogP contribution in [-0.4, -0.2) is 41.0 Å². The van der Waals surface area contributed by atoms with E-state index >= 15 is 0 Å². The van der Waals surface area contributed by atoms with Gasteiger partial charge >= 0.3 is 0 Å². The maximum atomic E-state index is 4.38. The second-order valence-electron chi connectivity index (χ2n) is 6.15. The summed E-state index contributed by atoms with van der Waals surface area (Å²) in [6, 6.07) is 12.7. The van der Waals surface area contributed by atoms with Crippen LogP contribution in [0.15, 0.2) is 48.8 Å². The van der Waals surface area contributed by atoms with E-state index in [4.69, 9.17) is 0 Å². The molecule has 0 saturated carbocycles. The van der Waals surface area contributed by atoms with E-state index in [9.17, 15) is 0 Å². The predicted molar refractivity (Wildman–Crippen MR) is 82.9 cm³/mol. The van der Waals surface area contributed by atoms with Crippen LogP contribution in [0.2, 0.25) is 0 Å². The van der Waals surface area contributed by atoms with Gasteiger partial charge in [-0.25, -0.2) is 9.97 Å². The monoisotopic (exact) mass is 280 g/mol. The number of aromatic nitrogens is 2. The normalized spacial score (nSPS) is 25.2. The van der Waals surface area contributed by atoms with Crippen molar-refractivity contribution in [3.8, 4) is 0 Å². The Morgan fingerprint density at radius 1 is 0.857 bits per heavy atom. The molecule has 3 heterocycles. The highest BCUT2D eigenvalue weighted by atomic mass is 15.3. The number of nitrogens with zero attached hydrogens (tertiary/aromatic N) is 4. The maximum Gasteiger partial charge on any atom is 0.225 e. The molecule has 2 aliphatic heterocycles. The number of fused-ring (bicyclic) bond motifs is 1. The van der Waals surface area contributed by atoms with Gasteiger partial charge in [0.25, 0.3) is 0 Å². The fraction of sp³-hybridized carbons (Fsp3) is 0.412. The quantitative estimate of drug-likeness (QED) is 0.861. The van der Waals surface area contributed by atoms with Crippen molar-refractivity contribution in [2.75, 3.05) is 31.1 Å². The maximum absolute atomic E-state index is 4.38. The largest absolute Gasteiger partial charge is 0.340 e. The van der Waals surface area contributed by atoms with Crippen LogP contribution < -0.4 is 4.90 Å². The molecule has 4 rings (SSSR count). The molecule has 2 aromatic rings. The topological polar surface area (TPSA) is 32.3 Å². The zero-order valence-corrected chi connectivity index (χ0v) is 12.1. The van der Waals surface area contributed by atoms with Crippen LogP contribution in [0.5, 0.6) is 0 Å². The van der Waals surface area contributed by atoms with Crippen LogP contribution in [0.3, 0.4) is 0 Å². The highest BCUT2D eigenvalue weighted by Gasteiger charge is 2.40. The number of hydrogen-bond donors (Lipinski definition) is 0. The van der Waals surface area contributed by atoms with Crippen LogP contribution in [-0.2, 0) is 6.54 Å². The molecule has 108 valence electrons. The fourth-order valence-corrected chi connectivity index (χ4v) is 3.68. The SMILES string of the molecule is c1ccc(CN2C[C@H]3CN(c4ncccn4)C[C@@H]3C2)cc1. The summed E-state index contributed by atoms with van der Waals surface area (Å²) in [5.74, 6) is 2.41. The molecule has 0 aliphatic carbocycles. The smallest absolute Gasteiger partial charge is 0.225 e.